The Balaban J connectivity index is 1.96. The number of benzene rings is 1. The van der Waals surface area contributed by atoms with E-state index in [2.05, 4.69) is 0 Å². The van der Waals surface area contributed by atoms with Crippen molar-refractivity contribution in [1.29, 1.82) is 0 Å². The molecule has 22 heavy (non-hydrogen) atoms. The van der Waals surface area contributed by atoms with Crippen LogP contribution in [0.3, 0.4) is 0 Å². The van der Waals surface area contributed by atoms with Crippen LogP contribution in [0.5, 0.6) is 11.5 Å². The molecule has 0 unspecified atom stereocenters. The molecule has 6 nitrogen and oxygen atoms in total. The van der Waals surface area contributed by atoms with E-state index in [9.17, 15) is 19.8 Å². The summed E-state index contributed by atoms with van der Waals surface area (Å²) in [4.78, 5) is 27.8. The zero-order valence-corrected chi connectivity index (χ0v) is 13.0. The number of rotatable bonds is 3. The zero-order valence-electron chi connectivity index (χ0n) is 13.0. The van der Waals surface area contributed by atoms with Crippen molar-refractivity contribution in [2.45, 2.75) is 20.3 Å². The maximum Gasteiger partial charge on any atom is 0.254 e. The van der Waals surface area contributed by atoms with Gasteiger partial charge in [-0.2, -0.15) is 0 Å². The first-order valence-electron chi connectivity index (χ1n) is 7.47. The number of hydrogen-bond donors (Lipinski definition) is 2. The molecule has 1 heterocycles. The van der Waals surface area contributed by atoms with E-state index in [1.165, 1.54) is 18.2 Å². The average Bonchev–Trinajstić information content (AvgIpc) is 2.45. The Morgan fingerprint density at radius 1 is 1.00 bits per heavy atom. The van der Waals surface area contributed by atoms with Gasteiger partial charge in [0.15, 0.2) is 0 Å². The molecule has 6 heteroatoms. The largest absolute Gasteiger partial charge is 0.508 e. The summed E-state index contributed by atoms with van der Waals surface area (Å²) < 4.78 is 0. The van der Waals surface area contributed by atoms with Gasteiger partial charge in [-0.05, 0) is 18.1 Å². The summed E-state index contributed by atoms with van der Waals surface area (Å²) in [5.74, 6) is -0.0927. The van der Waals surface area contributed by atoms with Crippen molar-refractivity contribution in [3.8, 4) is 11.5 Å². The lowest BCUT2D eigenvalue weighted by atomic mass is 10.1. The van der Waals surface area contributed by atoms with Gasteiger partial charge in [-0.1, -0.05) is 13.8 Å². The summed E-state index contributed by atoms with van der Waals surface area (Å²) in [5.41, 5.74) is 0.249. The highest BCUT2D eigenvalue weighted by Gasteiger charge is 2.25. The highest BCUT2D eigenvalue weighted by Crippen LogP contribution is 2.22. The highest BCUT2D eigenvalue weighted by atomic mass is 16.3. The van der Waals surface area contributed by atoms with E-state index in [0.717, 1.165) is 0 Å². The minimum absolute atomic E-state index is 0.122. The molecule has 0 spiro atoms. The van der Waals surface area contributed by atoms with E-state index in [1.807, 2.05) is 13.8 Å². The number of aromatic hydroxyl groups is 2. The number of phenols is 2. The van der Waals surface area contributed by atoms with Crippen molar-refractivity contribution in [3.05, 3.63) is 23.8 Å². The summed E-state index contributed by atoms with van der Waals surface area (Å²) in [7, 11) is 0. The molecule has 1 aromatic carbocycles. The van der Waals surface area contributed by atoms with E-state index >= 15 is 0 Å². The molecule has 0 radical (unpaired) electrons. The van der Waals surface area contributed by atoms with E-state index in [1.54, 1.807) is 9.80 Å². The van der Waals surface area contributed by atoms with Crippen LogP contribution in [0.25, 0.3) is 0 Å². The Morgan fingerprint density at radius 2 is 1.50 bits per heavy atom. The van der Waals surface area contributed by atoms with E-state index in [-0.39, 0.29) is 28.9 Å². The first kappa shape index (κ1) is 16.1. The molecule has 0 aromatic heterocycles. The lowest BCUT2D eigenvalue weighted by Crippen LogP contribution is -2.50. The van der Waals surface area contributed by atoms with Gasteiger partial charge in [0.05, 0.1) is 0 Å². The zero-order chi connectivity index (χ0) is 16.3. The molecule has 2 rings (SSSR count). The molecule has 0 bridgehead atoms. The van der Waals surface area contributed by atoms with Gasteiger partial charge in [0.1, 0.15) is 11.5 Å². The minimum atomic E-state index is -0.248. The molecule has 0 atom stereocenters. The van der Waals surface area contributed by atoms with E-state index < -0.39 is 0 Å². The van der Waals surface area contributed by atoms with Crippen LogP contribution in [-0.2, 0) is 4.79 Å². The molecule has 1 aliphatic rings. The quantitative estimate of drug-likeness (QED) is 0.885. The maximum atomic E-state index is 12.4. The molecule has 0 aliphatic carbocycles. The number of nitrogens with zero attached hydrogens (tertiary/aromatic N) is 2. The van der Waals surface area contributed by atoms with Crippen LogP contribution >= 0.6 is 0 Å². The fourth-order valence-corrected chi connectivity index (χ4v) is 2.54. The standard InChI is InChI=1S/C16H22N2O4/c1-11(2)7-15(21)17-3-5-18(6-4-17)16(22)12-8-13(19)10-14(20)9-12/h8-11,19-20H,3-7H2,1-2H3. The molecule has 1 saturated heterocycles. The molecular weight excluding hydrogens is 284 g/mol. The smallest absolute Gasteiger partial charge is 0.254 e. The molecule has 1 fully saturated rings. The third-order valence-electron chi connectivity index (χ3n) is 3.65. The number of piperazine rings is 1. The SMILES string of the molecule is CC(C)CC(=O)N1CCN(C(=O)c2cc(O)cc(O)c2)CC1. The minimum Gasteiger partial charge on any atom is -0.508 e. The van der Waals surface area contributed by atoms with Crippen molar-refractivity contribution in [1.82, 2.24) is 9.80 Å². The second kappa shape index (κ2) is 6.68. The predicted molar refractivity (Wildman–Crippen MR) is 81.7 cm³/mol. The van der Waals surface area contributed by atoms with Gasteiger partial charge in [-0.3, -0.25) is 9.59 Å². The van der Waals surface area contributed by atoms with Gasteiger partial charge in [-0.15, -0.1) is 0 Å². The van der Waals surface area contributed by atoms with Gasteiger partial charge in [0.25, 0.3) is 5.91 Å². The monoisotopic (exact) mass is 306 g/mol. The summed E-state index contributed by atoms with van der Waals surface area (Å²) in [6, 6.07) is 3.84. The van der Waals surface area contributed by atoms with E-state index in [4.69, 9.17) is 0 Å². The Morgan fingerprint density at radius 3 is 2.00 bits per heavy atom. The van der Waals surface area contributed by atoms with Gasteiger partial charge in [0.2, 0.25) is 5.91 Å². The Kier molecular flexibility index (Phi) is 4.90. The average molecular weight is 306 g/mol. The van der Waals surface area contributed by atoms with Crippen LogP contribution in [-0.4, -0.2) is 58.0 Å². The van der Waals surface area contributed by atoms with Gasteiger partial charge in [0, 0.05) is 44.2 Å². The summed E-state index contributed by atoms with van der Waals surface area (Å²) in [6.45, 7) is 5.96. The second-order valence-corrected chi connectivity index (χ2v) is 6.01. The van der Waals surface area contributed by atoms with Crippen LogP contribution < -0.4 is 0 Å². The van der Waals surface area contributed by atoms with Crippen LogP contribution in [0, 0.1) is 5.92 Å². The molecular formula is C16H22N2O4. The second-order valence-electron chi connectivity index (χ2n) is 6.01. The van der Waals surface area contributed by atoms with Crippen molar-refractivity contribution in [2.24, 2.45) is 5.92 Å². The maximum absolute atomic E-state index is 12.4. The number of carbonyl (C=O) groups is 2. The number of hydrogen-bond acceptors (Lipinski definition) is 4. The number of amides is 2. The van der Waals surface area contributed by atoms with Crippen molar-refractivity contribution >= 4 is 11.8 Å². The molecule has 2 amide bonds. The number of carbonyl (C=O) groups excluding carboxylic acids is 2. The number of phenolic OH excluding ortho intramolecular Hbond substituents is 2. The normalized spacial score (nSPS) is 15.2. The van der Waals surface area contributed by atoms with Gasteiger partial charge >= 0.3 is 0 Å². The third kappa shape index (κ3) is 3.90. The fourth-order valence-electron chi connectivity index (χ4n) is 2.54. The molecule has 1 aliphatic heterocycles. The van der Waals surface area contributed by atoms with Crippen LogP contribution in [0.2, 0.25) is 0 Å². The molecule has 2 N–H and O–H groups in total. The first-order chi connectivity index (χ1) is 10.4. The summed E-state index contributed by atoms with van der Waals surface area (Å²) in [6.07, 6.45) is 0.522. The van der Waals surface area contributed by atoms with Crippen LogP contribution in [0.1, 0.15) is 30.6 Å². The topological polar surface area (TPSA) is 81.1 Å². The van der Waals surface area contributed by atoms with Gasteiger partial charge < -0.3 is 20.0 Å². The van der Waals surface area contributed by atoms with Crippen molar-refractivity contribution < 1.29 is 19.8 Å². The summed E-state index contributed by atoms with van der Waals surface area (Å²) >= 11 is 0. The Bertz CT molecular complexity index is 543. The van der Waals surface area contributed by atoms with Crippen molar-refractivity contribution in [2.75, 3.05) is 26.2 Å². The fraction of sp³-hybridized carbons (Fsp3) is 0.500. The lowest BCUT2D eigenvalue weighted by Gasteiger charge is -2.35. The van der Waals surface area contributed by atoms with Crippen LogP contribution in [0.15, 0.2) is 18.2 Å². The lowest BCUT2D eigenvalue weighted by molar-refractivity contribution is -0.133. The van der Waals surface area contributed by atoms with Gasteiger partial charge in [-0.25, -0.2) is 0 Å². The van der Waals surface area contributed by atoms with E-state index in [0.29, 0.717) is 38.5 Å². The van der Waals surface area contributed by atoms with Crippen LogP contribution in [0.4, 0.5) is 0 Å². The highest BCUT2D eigenvalue weighted by molar-refractivity contribution is 5.95. The molecule has 120 valence electrons. The molecule has 0 saturated carbocycles. The Labute approximate surface area is 130 Å². The Hall–Kier alpha value is -2.24. The summed E-state index contributed by atoms with van der Waals surface area (Å²) in [5, 5.41) is 18.9. The first-order valence-corrected chi connectivity index (χ1v) is 7.47. The van der Waals surface area contributed by atoms with Crippen molar-refractivity contribution in [3.63, 3.8) is 0 Å². The third-order valence-corrected chi connectivity index (χ3v) is 3.65. The predicted octanol–water partition coefficient (Wildman–Crippen LogP) is 1.43. The molecule has 1 aromatic rings.